The predicted molar refractivity (Wildman–Crippen MR) is 53.1 cm³/mol. The molecule has 5 nitrogen and oxygen atoms in total. The van der Waals surface area contributed by atoms with Crippen LogP contribution in [-0.4, -0.2) is 23.1 Å². The fourth-order valence-electron chi connectivity index (χ4n) is 0.666. The van der Waals surface area contributed by atoms with Gasteiger partial charge in [0, 0.05) is 19.3 Å². The first-order chi connectivity index (χ1) is 6.72. The first-order valence-electron chi connectivity index (χ1n) is 4.35. The van der Waals surface area contributed by atoms with Crippen molar-refractivity contribution in [3.8, 4) is 0 Å². The Kier molecular flexibility index (Phi) is 7.26. The largest absolute Gasteiger partial charge is 0.382 e. The van der Waals surface area contributed by atoms with E-state index in [1.165, 1.54) is 12.3 Å². The molecule has 0 fully saturated rings. The lowest BCUT2D eigenvalue weighted by Gasteiger charge is -1.86. The second-order valence-corrected chi connectivity index (χ2v) is 2.23. The second-order valence-electron chi connectivity index (χ2n) is 2.23. The lowest BCUT2D eigenvalue weighted by molar-refractivity contribution is -0.389. The molecule has 0 unspecified atom stereocenters. The van der Waals surface area contributed by atoms with Crippen LogP contribution in [-0.2, 0) is 4.74 Å². The second kappa shape index (κ2) is 8.12. The maximum atomic E-state index is 9.94. The number of hydrogen-bond acceptors (Lipinski definition) is 4. The maximum Gasteiger partial charge on any atom is 0.363 e. The summed E-state index contributed by atoms with van der Waals surface area (Å²) in [6, 6.07) is 4.55. The van der Waals surface area contributed by atoms with Crippen LogP contribution in [0, 0.1) is 10.1 Å². The monoisotopic (exact) mass is 198 g/mol. The third kappa shape index (κ3) is 6.07. The van der Waals surface area contributed by atoms with Crippen molar-refractivity contribution >= 4 is 5.82 Å². The Morgan fingerprint density at radius 2 is 2.07 bits per heavy atom. The van der Waals surface area contributed by atoms with Gasteiger partial charge in [0.05, 0.1) is 0 Å². The molecule has 1 heterocycles. The standard InChI is InChI=1S/C5H4N2O2.C4H10O/c8-7(9)5-3-1-2-4-6-5;1-3-5-4-2/h1-4H;3-4H2,1-2H3. The van der Waals surface area contributed by atoms with Crippen LogP contribution in [0.5, 0.6) is 0 Å². The quantitative estimate of drug-likeness (QED) is 0.550. The smallest absolute Gasteiger partial charge is 0.363 e. The van der Waals surface area contributed by atoms with Gasteiger partial charge in [-0.3, -0.25) is 0 Å². The molecule has 0 aliphatic carbocycles. The molecule has 0 radical (unpaired) electrons. The van der Waals surface area contributed by atoms with Crippen molar-refractivity contribution in [2.45, 2.75) is 13.8 Å². The van der Waals surface area contributed by atoms with Crippen molar-refractivity contribution in [3.05, 3.63) is 34.5 Å². The highest BCUT2D eigenvalue weighted by Gasteiger charge is 2.00. The number of nitro groups is 1. The van der Waals surface area contributed by atoms with Crippen LogP contribution >= 0.6 is 0 Å². The van der Waals surface area contributed by atoms with E-state index in [1.807, 2.05) is 13.8 Å². The summed E-state index contributed by atoms with van der Waals surface area (Å²) in [4.78, 5) is 12.9. The van der Waals surface area contributed by atoms with Crippen LogP contribution < -0.4 is 0 Å². The number of aromatic nitrogens is 1. The van der Waals surface area contributed by atoms with Crippen LogP contribution in [0.25, 0.3) is 0 Å². The predicted octanol–water partition coefficient (Wildman–Crippen LogP) is 2.03. The van der Waals surface area contributed by atoms with Crippen molar-refractivity contribution in [2.24, 2.45) is 0 Å². The normalized spacial score (nSPS) is 8.71. The molecule has 1 aromatic rings. The van der Waals surface area contributed by atoms with Crippen molar-refractivity contribution in [2.75, 3.05) is 13.2 Å². The zero-order valence-corrected chi connectivity index (χ0v) is 8.34. The molecule has 1 rings (SSSR count). The minimum absolute atomic E-state index is 0.113. The summed E-state index contributed by atoms with van der Waals surface area (Å²) in [6.45, 7) is 5.67. The van der Waals surface area contributed by atoms with Gasteiger partial charge in [0.2, 0.25) is 0 Å². The maximum absolute atomic E-state index is 9.94. The first kappa shape index (κ1) is 12.5. The van der Waals surface area contributed by atoms with Gasteiger partial charge in [-0.25, -0.2) is 0 Å². The first-order valence-corrected chi connectivity index (χ1v) is 4.35. The third-order valence-corrected chi connectivity index (χ3v) is 1.24. The van der Waals surface area contributed by atoms with Gasteiger partial charge in [-0.05, 0) is 29.8 Å². The minimum Gasteiger partial charge on any atom is -0.382 e. The fourth-order valence-corrected chi connectivity index (χ4v) is 0.666. The number of rotatable bonds is 3. The van der Waals surface area contributed by atoms with Gasteiger partial charge >= 0.3 is 5.82 Å². The highest BCUT2D eigenvalue weighted by atomic mass is 16.6. The fraction of sp³-hybridized carbons (Fsp3) is 0.444. The lowest BCUT2D eigenvalue weighted by Crippen LogP contribution is -1.88. The molecule has 0 bridgehead atoms. The van der Waals surface area contributed by atoms with Crippen molar-refractivity contribution in [3.63, 3.8) is 0 Å². The topological polar surface area (TPSA) is 65.3 Å². The molecule has 0 saturated heterocycles. The molecule has 14 heavy (non-hydrogen) atoms. The average molecular weight is 198 g/mol. The van der Waals surface area contributed by atoms with Gasteiger partial charge < -0.3 is 14.9 Å². The lowest BCUT2D eigenvalue weighted by atomic mass is 10.5. The highest BCUT2D eigenvalue weighted by Crippen LogP contribution is 2.01. The summed E-state index contributed by atoms with van der Waals surface area (Å²) >= 11 is 0. The van der Waals surface area contributed by atoms with Gasteiger partial charge in [-0.1, -0.05) is 6.07 Å². The van der Waals surface area contributed by atoms with Crippen molar-refractivity contribution < 1.29 is 9.66 Å². The number of ether oxygens (including phenoxy) is 1. The Balaban J connectivity index is 0.000000292. The van der Waals surface area contributed by atoms with Crippen molar-refractivity contribution in [1.29, 1.82) is 0 Å². The van der Waals surface area contributed by atoms with E-state index in [0.717, 1.165) is 13.2 Å². The molecule has 0 amide bonds. The molecule has 0 aromatic carbocycles. The van der Waals surface area contributed by atoms with E-state index in [-0.39, 0.29) is 5.82 Å². The Morgan fingerprint density at radius 1 is 1.43 bits per heavy atom. The third-order valence-electron chi connectivity index (χ3n) is 1.24. The molecule has 1 aromatic heterocycles. The van der Waals surface area contributed by atoms with Crippen LogP contribution in [0.15, 0.2) is 24.4 Å². The SMILES string of the molecule is CCOCC.O=[N+]([O-])c1ccccn1. The molecular weight excluding hydrogens is 184 g/mol. The summed E-state index contributed by atoms with van der Waals surface area (Å²) in [6.07, 6.45) is 1.39. The van der Waals surface area contributed by atoms with E-state index < -0.39 is 4.92 Å². The summed E-state index contributed by atoms with van der Waals surface area (Å²) in [5, 5.41) is 9.94. The number of pyridine rings is 1. The molecule has 0 saturated carbocycles. The van der Waals surface area contributed by atoms with Gasteiger partial charge in [-0.15, -0.1) is 0 Å². The number of hydrogen-bond donors (Lipinski definition) is 0. The Hall–Kier alpha value is -1.49. The van der Waals surface area contributed by atoms with Gasteiger partial charge in [0.25, 0.3) is 0 Å². The highest BCUT2D eigenvalue weighted by molar-refractivity contribution is 5.16. The Morgan fingerprint density at radius 3 is 2.29 bits per heavy atom. The van der Waals surface area contributed by atoms with E-state index in [1.54, 1.807) is 12.1 Å². The zero-order chi connectivity index (χ0) is 10.8. The Labute approximate surface area is 82.9 Å². The molecular formula is C9H14N2O3. The van der Waals surface area contributed by atoms with Gasteiger partial charge in [0.1, 0.15) is 6.20 Å². The molecule has 0 N–H and O–H groups in total. The average Bonchev–Trinajstić information content (AvgIpc) is 2.21. The number of nitrogens with zero attached hydrogens (tertiary/aromatic N) is 2. The van der Waals surface area contributed by atoms with Gasteiger partial charge in [-0.2, -0.15) is 0 Å². The van der Waals surface area contributed by atoms with Crippen LogP contribution in [0.3, 0.4) is 0 Å². The van der Waals surface area contributed by atoms with E-state index in [0.29, 0.717) is 0 Å². The summed E-state index contributed by atoms with van der Waals surface area (Å²) in [7, 11) is 0. The van der Waals surface area contributed by atoms with E-state index in [9.17, 15) is 10.1 Å². The van der Waals surface area contributed by atoms with E-state index in [4.69, 9.17) is 4.74 Å². The summed E-state index contributed by atoms with van der Waals surface area (Å²) < 4.78 is 4.83. The summed E-state index contributed by atoms with van der Waals surface area (Å²) in [5.41, 5.74) is 0. The van der Waals surface area contributed by atoms with Crippen molar-refractivity contribution in [1.82, 2.24) is 4.98 Å². The Bertz CT molecular complexity index is 249. The minimum atomic E-state index is -0.528. The zero-order valence-electron chi connectivity index (χ0n) is 8.34. The molecule has 78 valence electrons. The molecule has 5 heteroatoms. The molecule has 0 aliphatic heterocycles. The van der Waals surface area contributed by atoms with Crippen LogP contribution in [0.4, 0.5) is 5.82 Å². The van der Waals surface area contributed by atoms with Gasteiger partial charge in [0.15, 0.2) is 0 Å². The molecule has 0 atom stereocenters. The van der Waals surface area contributed by atoms with E-state index in [2.05, 4.69) is 4.98 Å². The van der Waals surface area contributed by atoms with E-state index >= 15 is 0 Å². The van der Waals surface area contributed by atoms with Crippen LogP contribution in [0.2, 0.25) is 0 Å². The van der Waals surface area contributed by atoms with Crippen LogP contribution in [0.1, 0.15) is 13.8 Å². The molecule has 0 spiro atoms. The summed E-state index contributed by atoms with van der Waals surface area (Å²) in [5.74, 6) is -0.113. The molecule has 0 aliphatic rings.